The van der Waals surface area contributed by atoms with Crippen LogP contribution in [0.25, 0.3) is 0 Å². The van der Waals surface area contributed by atoms with E-state index in [0.29, 0.717) is 18.5 Å². The molecule has 0 bridgehead atoms. The molecular weight excluding hydrogens is 334 g/mol. The number of H-pyrrole nitrogens is 1. The molecule has 9 nitrogen and oxygen atoms in total. The van der Waals surface area contributed by atoms with Crippen LogP contribution in [0, 0.1) is 0 Å². The fourth-order valence-electron chi connectivity index (χ4n) is 2.25. The van der Waals surface area contributed by atoms with Gasteiger partial charge in [-0.3, -0.25) is 0 Å². The molecule has 0 aliphatic heterocycles. The first-order valence-corrected chi connectivity index (χ1v) is 8.23. The summed E-state index contributed by atoms with van der Waals surface area (Å²) in [6.07, 6.45) is 3.46. The maximum absolute atomic E-state index is 5.45. The maximum atomic E-state index is 5.45. The van der Waals surface area contributed by atoms with E-state index in [-0.39, 0.29) is 12.1 Å². The number of hydrogen-bond acceptors (Lipinski definition) is 8. The van der Waals surface area contributed by atoms with Crippen molar-refractivity contribution in [1.82, 2.24) is 24.9 Å². The van der Waals surface area contributed by atoms with Gasteiger partial charge in [-0.15, -0.1) is 0 Å². The molecule has 0 fully saturated rings. The molecule has 0 amide bonds. The molecule has 2 heterocycles. The molecule has 1 aromatic carbocycles. The number of hydrogen-bond donors (Lipinski definition) is 3. The summed E-state index contributed by atoms with van der Waals surface area (Å²) in [5.41, 5.74) is 0.824. The average Bonchev–Trinajstić information content (AvgIpc) is 3.17. The highest BCUT2D eigenvalue weighted by atomic mass is 16.5. The van der Waals surface area contributed by atoms with E-state index >= 15 is 0 Å². The van der Waals surface area contributed by atoms with Crippen LogP contribution in [0.5, 0.6) is 11.8 Å². The van der Waals surface area contributed by atoms with Gasteiger partial charge in [0.1, 0.15) is 11.6 Å². The predicted octanol–water partition coefficient (Wildman–Crippen LogP) is 2.92. The highest BCUT2D eigenvalue weighted by Gasteiger charge is 2.13. The summed E-state index contributed by atoms with van der Waals surface area (Å²) in [5.74, 6) is 2.33. The van der Waals surface area contributed by atoms with E-state index in [1.807, 2.05) is 38.1 Å². The van der Waals surface area contributed by atoms with Gasteiger partial charge in [0, 0.05) is 18.1 Å². The first-order chi connectivity index (χ1) is 12.7. The van der Waals surface area contributed by atoms with E-state index in [2.05, 4.69) is 35.6 Å². The molecule has 3 rings (SSSR count). The number of aromatic nitrogens is 5. The van der Waals surface area contributed by atoms with Gasteiger partial charge in [-0.1, -0.05) is 0 Å². The molecular formula is C17H21N7O2. The Labute approximate surface area is 151 Å². The van der Waals surface area contributed by atoms with Gasteiger partial charge in [-0.2, -0.15) is 15.0 Å². The zero-order valence-electron chi connectivity index (χ0n) is 14.9. The minimum absolute atomic E-state index is 0.101. The molecule has 9 heteroatoms. The molecule has 0 radical (unpaired) electrons. The molecule has 26 heavy (non-hydrogen) atoms. The zero-order valence-corrected chi connectivity index (χ0v) is 14.9. The Morgan fingerprint density at radius 2 is 1.88 bits per heavy atom. The van der Waals surface area contributed by atoms with E-state index in [0.717, 1.165) is 17.3 Å². The van der Waals surface area contributed by atoms with Crippen molar-refractivity contribution in [3.05, 3.63) is 42.5 Å². The van der Waals surface area contributed by atoms with Crippen molar-refractivity contribution in [2.45, 2.75) is 19.9 Å². The van der Waals surface area contributed by atoms with E-state index in [1.165, 1.54) is 0 Å². The highest BCUT2D eigenvalue weighted by molar-refractivity contribution is 5.55. The van der Waals surface area contributed by atoms with Crippen molar-refractivity contribution in [3.63, 3.8) is 0 Å². The molecule has 0 aliphatic rings. The third kappa shape index (κ3) is 4.38. The summed E-state index contributed by atoms with van der Waals surface area (Å²) in [5, 5.41) is 6.33. The normalized spacial score (nSPS) is 11.7. The van der Waals surface area contributed by atoms with E-state index < -0.39 is 0 Å². The van der Waals surface area contributed by atoms with Crippen LogP contribution in [0.3, 0.4) is 0 Å². The summed E-state index contributed by atoms with van der Waals surface area (Å²) in [7, 11) is 1.63. The van der Waals surface area contributed by atoms with Crippen molar-refractivity contribution in [2.24, 2.45) is 0 Å². The second-order valence-corrected chi connectivity index (χ2v) is 5.39. The molecule has 3 aromatic rings. The summed E-state index contributed by atoms with van der Waals surface area (Å²) in [6, 6.07) is 7.60. The van der Waals surface area contributed by atoms with Gasteiger partial charge in [0.2, 0.25) is 11.9 Å². The minimum atomic E-state index is -0.101. The Morgan fingerprint density at radius 1 is 1.12 bits per heavy atom. The summed E-state index contributed by atoms with van der Waals surface area (Å²) >= 11 is 0. The lowest BCUT2D eigenvalue weighted by Crippen LogP contribution is -2.13. The Balaban J connectivity index is 1.80. The van der Waals surface area contributed by atoms with Gasteiger partial charge in [0.15, 0.2) is 0 Å². The van der Waals surface area contributed by atoms with Crippen molar-refractivity contribution in [1.29, 1.82) is 0 Å². The Kier molecular flexibility index (Phi) is 5.47. The molecule has 1 atom stereocenters. The molecule has 136 valence electrons. The van der Waals surface area contributed by atoms with E-state index in [4.69, 9.17) is 9.47 Å². The average molecular weight is 355 g/mol. The largest absolute Gasteiger partial charge is 0.497 e. The number of imidazole rings is 1. The van der Waals surface area contributed by atoms with E-state index in [9.17, 15) is 0 Å². The summed E-state index contributed by atoms with van der Waals surface area (Å²) < 4.78 is 10.6. The zero-order chi connectivity index (χ0) is 18.4. The smallest absolute Gasteiger partial charge is 0.323 e. The molecule has 0 saturated carbocycles. The van der Waals surface area contributed by atoms with Crippen LogP contribution in [-0.4, -0.2) is 38.6 Å². The quantitative estimate of drug-likeness (QED) is 0.566. The van der Waals surface area contributed by atoms with E-state index in [1.54, 1.807) is 19.5 Å². The molecule has 2 aromatic heterocycles. The highest BCUT2D eigenvalue weighted by Crippen LogP contribution is 2.21. The second kappa shape index (κ2) is 8.15. The van der Waals surface area contributed by atoms with Gasteiger partial charge >= 0.3 is 6.01 Å². The van der Waals surface area contributed by atoms with Gasteiger partial charge in [0.05, 0.1) is 19.8 Å². The van der Waals surface area contributed by atoms with Crippen LogP contribution in [0.1, 0.15) is 25.7 Å². The van der Waals surface area contributed by atoms with Gasteiger partial charge in [-0.25, -0.2) is 4.98 Å². The number of benzene rings is 1. The Hall–Kier alpha value is -3.36. The monoisotopic (exact) mass is 355 g/mol. The standard InChI is InChI=1S/C17H21N7O2/c1-4-26-17-23-15(20-11(2)14-18-9-10-19-14)22-16(24-17)21-12-5-7-13(25-3)8-6-12/h5-11H,4H2,1-3H3,(H,18,19)(H2,20,21,22,23,24). The van der Waals surface area contributed by atoms with Gasteiger partial charge < -0.3 is 25.1 Å². The summed E-state index contributed by atoms with van der Waals surface area (Å²) in [4.78, 5) is 20.3. The fourth-order valence-corrected chi connectivity index (χ4v) is 2.25. The second-order valence-electron chi connectivity index (χ2n) is 5.39. The third-order valence-corrected chi connectivity index (χ3v) is 3.51. The number of ether oxygens (including phenoxy) is 2. The molecule has 0 aliphatic carbocycles. The number of nitrogens with zero attached hydrogens (tertiary/aromatic N) is 4. The third-order valence-electron chi connectivity index (χ3n) is 3.51. The Morgan fingerprint density at radius 3 is 2.54 bits per heavy atom. The molecule has 1 unspecified atom stereocenters. The molecule has 3 N–H and O–H groups in total. The maximum Gasteiger partial charge on any atom is 0.323 e. The van der Waals surface area contributed by atoms with Crippen LogP contribution in [-0.2, 0) is 0 Å². The number of nitrogens with one attached hydrogen (secondary N) is 3. The number of methoxy groups -OCH3 is 1. The fraction of sp³-hybridized carbons (Fsp3) is 0.294. The predicted molar refractivity (Wildman–Crippen MR) is 97.9 cm³/mol. The summed E-state index contributed by atoms with van der Waals surface area (Å²) in [6.45, 7) is 4.29. The molecule has 0 saturated heterocycles. The van der Waals surface area contributed by atoms with Crippen LogP contribution in [0.2, 0.25) is 0 Å². The first kappa shape index (κ1) is 17.5. The van der Waals surface area contributed by atoms with Crippen molar-refractivity contribution in [3.8, 4) is 11.8 Å². The van der Waals surface area contributed by atoms with Crippen LogP contribution < -0.4 is 20.1 Å². The van der Waals surface area contributed by atoms with Crippen LogP contribution in [0.15, 0.2) is 36.7 Å². The van der Waals surface area contributed by atoms with Crippen LogP contribution in [0.4, 0.5) is 17.6 Å². The Bertz CT molecular complexity index is 822. The topological polar surface area (TPSA) is 110 Å². The lowest BCUT2D eigenvalue weighted by Gasteiger charge is -2.13. The van der Waals surface area contributed by atoms with Gasteiger partial charge in [-0.05, 0) is 38.1 Å². The first-order valence-electron chi connectivity index (χ1n) is 8.23. The van der Waals surface area contributed by atoms with Crippen LogP contribution >= 0.6 is 0 Å². The van der Waals surface area contributed by atoms with Crippen molar-refractivity contribution < 1.29 is 9.47 Å². The minimum Gasteiger partial charge on any atom is -0.497 e. The van der Waals surface area contributed by atoms with Crippen molar-refractivity contribution in [2.75, 3.05) is 24.4 Å². The number of anilines is 3. The number of aromatic amines is 1. The number of rotatable bonds is 8. The van der Waals surface area contributed by atoms with Gasteiger partial charge in [0.25, 0.3) is 0 Å². The van der Waals surface area contributed by atoms with Crippen molar-refractivity contribution >= 4 is 17.6 Å². The lowest BCUT2D eigenvalue weighted by molar-refractivity contribution is 0.312. The SMILES string of the molecule is CCOc1nc(Nc2ccc(OC)cc2)nc(NC(C)c2ncc[nH]2)n1. The lowest BCUT2D eigenvalue weighted by atomic mass is 10.3. The molecule has 0 spiro atoms.